The molecule has 0 radical (unpaired) electrons. The first kappa shape index (κ1) is 14.6. The minimum absolute atomic E-state index is 0.338. The van der Waals surface area contributed by atoms with Crippen molar-refractivity contribution < 1.29 is 19.1 Å². The zero-order chi connectivity index (χ0) is 11.5. The molecule has 88 valence electrons. The second-order valence-corrected chi connectivity index (χ2v) is 4.79. The topological polar surface area (TPSA) is 52.6 Å². The summed E-state index contributed by atoms with van der Waals surface area (Å²) in [6.45, 7) is 4.71. The van der Waals surface area contributed by atoms with Crippen LogP contribution in [-0.4, -0.2) is 28.9 Å². The van der Waals surface area contributed by atoms with E-state index < -0.39 is 0 Å². The molecular weight excluding hydrogens is 236 g/mol. The van der Waals surface area contributed by atoms with Crippen LogP contribution in [-0.2, 0) is 9.47 Å². The van der Waals surface area contributed by atoms with Crippen molar-refractivity contribution in [2.24, 2.45) is 0 Å². The molecule has 0 aliphatic heterocycles. The first-order valence-electron chi connectivity index (χ1n) is 4.79. The molecule has 0 unspecified atom stereocenters. The van der Waals surface area contributed by atoms with Gasteiger partial charge in [0, 0.05) is 0 Å². The van der Waals surface area contributed by atoms with Crippen molar-refractivity contribution in [1.29, 1.82) is 0 Å². The Hall–Kier alpha value is -0.360. The smallest absolute Gasteiger partial charge is 0.368 e. The molecule has 4 nitrogen and oxygen atoms in total. The van der Waals surface area contributed by atoms with Crippen molar-refractivity contribution in [3.63, 3.8) is 0 Å². The molecule has 0 rings (SSSR count). The standard InChI is InChI=1S/C9H16O4S2/c1-3-5-12-8(10)14-7-15-9(11)13-6-4-2/h3-7H2,1-2H3. The van der Waals surface area contributed by atoms with E-state index in [1.54, 1.807) is 0 Å². The Balaban J connectivity index is 3.36. The van der Waals surface area contributed by atoms with Crippen LogP contribution in [0, 0.1) is 0 Å². The summed E-state index contributed by atoms with van der Waals surface area (Å²) in [6, 6.07) is 0. The molecule has 0 aromatic rings. The summed E-state index contributed by atoms with van der Waals surface area (Å²) in [5, 5.41) is -0.342. The maximum absolute atomic E-state index is 11.0. The number of ether oxygens (including phenoxy) is 2. The molecule has 6 heteroatoms. The van der Waals surface area contributed by atoms with E-state index in [4.69, 9.17) is 9.47 Å². The van der Waals surface area contributed by atoms with Crippen molar-refractivity contribution in [2.45, 2.75) is 26.7 Å². The number of hydrogen-bond acceptors (Lipinski definition) is 6. The molecule has 0 bridgehead atoms. The van der Waals surface area contributed by atoms with Gasteiger partial charge >= 0.3 is 10.6 Å². The number of carbonyl (C=O) groups excluding carboxylic acids is 2. The average Bonchev–Trinajstić information content (AvgIpc) is 2.23. The van der Waals surface area contributed by atoms with Gasteiger partial charge in [0.25, 0.3) is 0 Å². The number of thioether (sulfide) groups is 2. The highest BCUT2D eigenvalue weighted by Gasteiger charge is 2.07. The summed E-state index contributed by atoms with van der Waals surface area (Å²) in [5.41, 5.74) is 0. The summed E-state index contributed by atoms with van der Waals surface area (Å²) in [5.74, 6) is 0. The fraction of sp³-hybridized carbons (Fsp3) is 0.778. The second-order valence-electron chi connectivity index (χ2n) is 2.60. The van der Waals surface area contributed by atoms with Crippen LogP contribution >= 0.6 is 23.5 Å². The Morgan fingerprint density at radius 1 is 0.933 bits per heavy atom. The highest BCUT2D eigenvalue weighted by Crippen LogP contribution is 2.16. The van der Waals surface area contributed by atoms with Gasteiger partial charge in [-0.25, -0.2) is 9.59 Å². The molecule has 0 amide bonds. The molecule has 0 spiro atoms. The quantitative estimate of drug-likeness (QED) is 0.532. The largest absolute Gasteiger partial charge is 0.458 e. The SMILES string of the molecule is CCCOC(=O)SCSC(=O)OCCC. The van der Waals surface area contributed by atoms with Crippen molar-refractivity contribution in [3.8, 4) is 0 Å². The predicted octanol–water partition coefficient (Wildman–Crippen LogP) is 3.50. The van der Waals surface area contributed by atoms with E-state index >= 15 is 0 Å². The third-order valence-electron chi connectivity index (χ3n) is 1.20. The van der Waals surface area contributed by atoms with Gasteiger partial charge in [-0.1, -0.05) is 13.8 Å². The lowest BCUT2D eigenvalue weighted by Crippen LogP contribution is -2.01. The second kappa shape index (κ2) is 10.2. The average molecular weight is 252 g/mol. The maximum Gasteiger partial charge on any atom is 0.368 e. The van der Waals surface area contributed by atoms with Gasteiger partial charge in [-0.3, -0.25) is 0 Å². The van der Waals surface area contributed by atoms with Crippen molar-refractivity contribution >= 4 is 34.1 Å². The summed E-state index contributed by atoms with van der Waals surface area (Å²) >= 11 is 1.96. The highest BCUT2D eigenvalue weighted by molar-refractivity contribution is 8.28. The van der Waals surface area contributed by atoms with Crippen LogP contribution in [0.2, 0.25) is 0 Å². The first-order chi connectivity index (χ1) is 7.20. The van der Waals surface area contributed by atoms with Gasteiger partial charge in [-0.15, -0.1) is 0 Å². The van der Waals surface area contributed by atoms with Crippen LogP contribution in [0.1, 0.15) is 26.7 Å². The van der Waals surface area contributed by atoms with E-state index in [9.17, 15) is 9.59 Å². The molecule has 0 saturated heterocycles. The Labute approximate surface area is 98.5 Å². The molecule has 0 heterocycles. The van der Waals surface area contributed by atoms with Gasteiger partial charge in [0.2, 0.25) is 0 Å². The number of rotatable bonds is 6. The van der Waals surface area contributed by atoms with Gasteiger partial charge < -0.3 is 9.47 Å². The molecule has 0 fully saturated rings. The molecule has 15 heavy (non-hydrogen) atoms. The molecule has 0 atom stereocenters. The predicted molar refractivity (Wildman–Crippen MR) is 63.3 cm³/mol. The molecular formula is C9H16O4S2. The van der Waals surface area contributed by atoms with Crippen LogP contribution in [0.15, 0.2) is 0 Å². The zero-order valence-corrected chi connectivity index (χ0v) is 10.6. The van der Waals surface area contributed by atoms with Gasteiger partial charge in [0.15, 0.2) is 0 Å². The fourth-order valence-electron chi connectivity index (χ4n) is 0.580. The molecule has 0 N–H and O–H groups in total. The summed E-state index contributed by atoms with van der Waals surface area (Å²) in [6.07, 6.45) is 1.61. The lowest BCUT2D eigenvalue weighted by molar-refractivity contribution is 0.175. The Morgan fingerprint density at radius 2 is 1.33 bits per heavy atom. The monoisotopic (exact) mass is 252 g/mol. The summed E-state index contributed by atoms with van der Waals surface area (Å²) in [7, 11) is 0. The van der Waals surface area contributed by atoms with Crippen molar-refractivity contribution in [2.75, 3.05) is 18.3 Å². The molecule has 0 saturated carbocycles. The lowest BCUT2D eigenvalue weighted by atomic mass is 10.5. The maximum atomic E-state index is 11.0. The van der Waals surface area contributed by atoms with Gasteiger partial charge in [0.1, 0.15) is 0 Å². The molecule has 0 aliphatic rings. The summed E-state index contributed by atoms with van der Waals surface area (Å²) < 4.78 is 9.63. The van der Waals surface area contributed by atoms with Gasteiger partial charge in [-0.2, -0.15) is 0 Å². The minimum atomic E-state index is -0.340. The van der Waals surface area contributed by atoms with Crippen molar-refractivity contribution in [1.82, 2.24) is 0 Å². The van der Waals surface area contributed by atoms with Gasteiger partial charge in [-0.05, 0) is 36.4 Å². The van der Waals surface area contributed by atoms with Crippen LogP contribution in [0.4, 0.5) is 9.59 Å². The third-order valence-corrected chi connectivity index (χ3v) is 2.85. The molecule has 0 aliphatic carbocycles. The Bertz CT molecular complexity index is 177. The fourth-order valence-corrected chi connectivity index (χ4v) is 1.92. The van der Waals surface area contributed by atoms with Crippen LogP contribution in [0.5, 0.6) is 0 Å². The van der Waals surface area contributed by atoms with Crippen LogP contribution in [0.25, 0.3) is 0 Å². The van der Waals surface area contributed by atoms with E-state index in [0.717, 1.165) is 36.4 Å². The van der Waals surface area contributed by atoms with E-state index in [2.05, 4.69) is 0 Å². The van der Waals surface area contributed by atoms with E-state index in [1.807, 2.05) is 13.8 Å². The zero-order valence-electron chi connectivity index (χ0n) is 8.99. The number of carbonyl (C=O) groups is 2. The third kappa shape index (κ3) is 9.93. The minimum Gasteiger partial charge on any atom is -0.458 e. The molecule has 0 aromatic heterocycles. The lowest BCUT2D eigenvalue weighted by Gasteiger charge is -2.02. The Kier molecular flexibility index (Phi) is 9.92. The van der Waals surface area contributed by atoms with Crippen LogP contribution < -0.4 is 0 Å². The van der Waals surface area contributed by atoms with E-state index in [-0.39, 0.29) is 10.6 Å². The van der Waals surface area contributed by atoms with Crippen LogP contribution in [0.3, 0.4) is 0 Å². The highest BCUT2D eigenvalue weighted by atomic mass is 32.2. The van der Waals surface area contributed by atoms with Gasteiger partial charge in [0.05, 0.1) is 18.3 Å². The van der Waals surface area contributed by atoms with E-state index in [1.165, 1.54) is 0 Å². The first-order valence-corrected chi connectivity index (χ1v) is 6.76. The number of hydrogen-bond donors (Lipinski definition) is 0. The Morgan fingerprint density at radius 3 is 1.67 bits per heavy atom. The molecule has 0 aromatic carbocycles. The summed E-state index contributed by atoms with van der Waals surface area (Å²) in [4.78, 5) is 21.9. The normalized spacial score (nSPS) is 9.73. The van der Waals surface area contributed by atoms with Crippen molar-refractivity contribution in [3.05, 3.63) is 0 Å². The van der Waals surface area contributed by atoms with E-state index in [0.29, 0.717) is 18.3 Å².